The van der Waals surface area contributed by atoms with Crippen LogP contribution in [0.2, 0.25) is 0 Å². The van der Waals surface area contributed by atoms with E-state index in [1.54, 1.807) is 0 Å². The van der Waals surface area contributed by atoms with E-state index in [9.17, 15) is 19.1 Å². The summed E-state index contributed by atoms with van der Waals surface area (Å²) in [5.74, 6) is -3.18. The van der Waals surface area contributed by atoms with Crippen molar-refractivity contribution in [1.29, 1.82) is 0 Å². The Labute approximate surface area is 113 Å². The summed E-state index contributed by atoms with van der Waals surface area (Å²) in [6.45, 7) is 0. The molecule has 0 aliphatic rings. The van der Waals surface area contributed by atoms with Gasteiger partial charge in [0.1, 0.15) is 0 Å². The molecule has 0 aliphatic carbocycles. The van der Waals surface area contributed by atoms with Gasteiger partial charge in [0.25, 0.3) is 0 Å². The molecule has 0 saturated heterocycles. The molecule has 2 aromatic carbocycles. The highest BCUT2D eigenvalue weighted by Crippen LogP contribution is 2.35. The van der Waals surface area contributed by atoms with Gasteiger partial charge in [0.15, 0.2) is 11.6 Å². The van der Waals surface area contributed by atoms with Crippen LogP contribution in [0.3, 0.4) is 0 Å². The molecule has 0 atom stereocenters. The van der Waals surface area contributed by atoms with E-state index in [1.807, 2.05) is 0 Å². The third-order valence-corrected chi connectivity index (χ3v) is 2.85. The predicted octanol–water partition coefficient (Wildman–Crippen LogP) is 1.40. The van der Waals surface area contributed by atoms with Crippen molar-refractivity contribution in [2.24, 2.45) is 11.5 Å². The highest BCUT2D eigenvalue weighted by atomic mass is 19.1. The normalized spacial score (nSPS) is 10.2. The number of aromatic hydroxyl groups is 1. The molecule has 0 aliphatic heterocycles. The van der Waals surface area contributed by atoms with Crippen LogP contribution >= 0.6 is 0 Å². The molecule has 20 heavy (non-hydrogen) atoms. The number of hydrogen-bond donors (Lipinski definition) is 3. The molecule has 0 spiro atoms. The first-order valence-corrected chi connectivity index (χ1v) is 5.64. The van der Waals surface area contributed by atoms with Crippen LogP contribution in [0.4, 0.5) is 4.39 Å². The first-order valence-electron chi connectivity index (χ1n) is 5.64. The summed E-state index contributed by atoms with van der Waals surface area (Å²) < 4.78 is 13.4. The summed E-state index contributed by atoms with van der Waals surface area (Å²) in [4.78, 5) is 22.9. The van der Waals surface area contributed by atoms with Crippen molar-refractivity contribution in [3.05, 3.63) is 53.3 Å². The van der Waals surface area contributed by atoms with Gasteiger partial charge in [0, 0.05) is 22.3 Å². The molecule has 0 fully saturated rings. The molecular formula is C14H11FN2O3. The molecule has 5 nitrogen and oxygen atoms in total. The zero-order valence-corrected chi connectivity index (χ0v) is 10.3. The van der Waals surface area contributed by atoms with Crippen LogP contribution in [-0.2, 0) is 0 Å². The number of amides is 2. The Bertz CT molecular complexity index is 681. The largest absolute Gasteiger partial charge is 0.504 e. The quantitative estimate of drug-likeness (QED) is 0.787. The van der Waals surface area contributed by atoms with Gasteiger partial charge in [-0.05, 0) is 18.2 Å². The molecule has 0 saturated carbocycles. The minimum atomic E-state index is -0.878. The van der Waals surface area contributed by atoms with Crippen LogP contribution in [0, 0.1) is 5.82 Å². The van der Waals surface area contributed by atoms with E-state index in [0.29, 0.717) is 0 Å². The Kier molecular flexibility index (Phi) is 3.39. The Morgan fingerprint density at radius 3 is 1.95 bits per heavy atom. The fourth-order valence-electron chi connectivity index (χ4n) is 1.97. The topological polar surface area (TPSA) is 106 Å². The summed E-state index contributed by atoms with van der Waals surface area (Å²) >= 11 is 0. The van der Waals surface area contributed by atoms with E-state index >= 15 is 0 Å². The molecule has 2 aromatic rings. The summed E-state index contributed by atoms with van der Waals surface area (Å²) in [5, 5.41) is 9.78. The zero-order chi connectivity index (χ0) is 14.9. The van der Waals surface area contributed by atoms with Gasteiger partial charge >= 0.3 is 0 Å². The van der Waals surface area contributed by atoms with Crippen LogP contribution in [0.25, 0.3) is 11.1 Å². The van der Waals surface area contributed by atoms with Gasteiger partial charge in [-0.3, -0.25) is 9.59 Å². The average Bonchev–Trinajstić information content (AvgIpc) is 2.41. The highest BCUT2D eigenvalue weighted by molar-refractivity contribution is 6.08. The van der Waals surface area contributed by atoms with Crippen molar-refractivity contribution in [1.82, 2.24) is 0 Å². The number of phenols is 1. The van der Waals surface area contributed by atoms with Gasteiger partial charge < -0.3 is 16.6 Å². The maximum absolute atomic E-state index is 13.4. The molecule has 2 amide bonds. The molecule has 0 radical (unpaired) electrons. The molecule has 102 valence electrons. The lowest BCUT2D eigenvalue weighted by Gasteiger charge is -2.13. The fraction of sp³-hybridized carbons (Fsp3) is 0. The highest BCUT2D eigenvalue weighted by Gasteiger charge is 2.21. The van der Waals surface area contributed by atoms with E-state index in [2.05, 4.69) is 0 Å². The summed E-state index contributed by atoms with van der Waals surface area (Å²) in [6, 6.07) is 7.93. The second-order valence-corrected chi connectivity index (χ2v) is 4.09. The lowest BCUT2D eigenvalue weighted by atomic mass is 9.93. The van der Waals surface area contributed by atoms with Gasteiger partial charge in [-0.15, -0.1) is 0 Å². The monoisotopic (exact) mass is 274 g/mol. The SMILES string of the molecule is NC(=O)c1cccc(C(N)=O)c1-c1cccc(F)c1O. The zero-order valence-electron chi connectivity index (χ0n) is 10.3. The van der Waals surface area contributed by atoms with Crippen molar-refractivity contribution in [2.45, 2.75) is 0 Å². The van der Waals surface area contributed by atoms with Gasteiger partial charge in [-0.2, -0.15) is 0 Å². The molecule has 2 rings (SSSR count). The first kappa shape index (κ1) is 13.5. The molecular weight excluding hydrogens is 263 g/mol. The van der Waals surface area contributed by atoms with Crippen molar-refractivity contribution in [2.75, 3.05) is 0 Å². The first-order chi connectivity index (χ1) is 9.43. The number of halogens is 1. The van der Waals surface area contributed by atoms with Crippen LogP contribution in [0.1, 0.15) is 20.7 Å². The Morgan fingerprint density at radius 1 is 0.950 bits per heavy atom. The van der Waals surface area contributed by atoms with Gasteiger partial charge in [0.05, 0.1) is 0 Å². The molecule has 0 bridgehead atoms. The third-order valence-electron chi connectivity index (χ3n) is 2.85. The van der Waals surface area contributed by atoms with E-state index in [1.165, 1.54) is 30.3 Å². The fourth-order valence-corrected chi connectivity index (χ4v) is 1.97. The minimum Gasteiger partial charge on any atom is -0.504 e. The maximum atomic E-state index is 13.4. The number of carbonyl (C=O) groups excluding carboxylic acids is 2. The number of para-hydroxylation sites is 1. The predicted molar refractivity (Wildman–Crippen MR) is 70.5 cm³/mol. The van der Waals surface area contributed by atoms with Crippen molar-refractivity contribution in [3.8, 4) is 16.9 Å². The molecule has 6 heteroatoms. The van der Waals surface area contributed by atoms with E-state index in [4.69, 9.17) is 11.5 Å². The van der Waals surface area contributed by atoms with E-state index in [-0.39, 0.29) is 22.3 Å². The van der Waals surface area contributed by atoms with Gasteiger partial charge in [-0.1, -0.05) is 18.2 Å². The Morgan fingerprint density at radius 2 is 1.45 bits per heavy atom. The number of carbonyl (C=O) groups is 2. The number of nitrogens with two attached hydrogens (primary N) is 2. The van der Waals surface area contributed by atoms with Crippen molar-refractivity contribution < 1.29 is 19.1 Å². The number of benzene rings is 2. The summed E-state index contributed by atoms with van der Waals surface area (Å²) in [7, 11) is 0. The van der Waals surface area contributed by atoms with Crippen molar-refractivity contribution >= 4 is 11.8 Å². The van der Waals surface area contributed by atoms with E-state index < -0.39 is 23.4 Å². The second kappa shape index (κ2) is 5.00. The molecule has 0 aromatic heterocycles. The van der Waals surface area contributed by atoms with Gasteiger partial charge in [0.2, 0.25) is 11.8 Å². The second-order valence-electron chi connectivity index (χ2n) is 4.09. The number of hydrogen-bond acceptors (Lipinski definition) is 3. The van der Waals surface area contributed by atoms with Crippen molar-refractivity contribution in [3.63, 3.8) is 0 Å². The van der Waals surface area contributed by atoms with Crippen LogP contribution in [0.15, 0.2) is 36.4 Å². The number of phenolic OH excluding ortho intramolecular Hbond substituents is 1. The van der Waals surface area contributed by atoms with Crippen LogP contribution in [0.5, 0.6) is 5.75 Å². The standard InChI is InChI=1S/C14H11FN2O3/c15-10-6-2-3-7(12(10)18)11-8(13(16)19)4-1-5-9(11)14(17)20/h1-6,18H,(H2,16,19)(H2,17,20). The lowest BCUT2D eigenvalue weighted by Crippen LogP contribution is -2.18. The minimum absolute atomic E-state index is 0.0181. The maximum Gasteiger partial charge on any atom is 0.249 e. The average molecular weight is 274 g/mol. The summed E-state index contributed by atoms with van der Waals surface area (Å²) in [5.41, 5.74) is 10.4. The van der Waals surface area contributed by atoms with Crippen LogP contribution in [-0.4, -0.2) is 16.9 Å². The lowest BCUT2D eigenvalue weighted by molar-refractivity contribution is 0.0999. The summed E-state index contributed by atoms with van der Waals surface area (Å²) in [6.07, 6.45) is 0. The number of rotatable bonds is 3. The van der Waals surface area contributed by atoms with Crippen LogP contribution < -0.4 is 11.5 Å². The smallest absolute Gasteiger partial charge is 0.249 e. The third kappa shape index (κ3) is 2.18. The molecule has 0 heterocycles. The Balaban J connectivity index is 2.87. The number of primary amides is 2. The molecule has 5 N–H and O–H groups in total. The molecule has 0 unspecified atom stereocenters. The Hall–Kier alpha value is -2.89. The van der Waals surface area contributed by atoms with Gasteiger partial charge in [-0.25, -0.2) is 4.39 Å². The van der Waals surface area contributed by atoms with E-state index in [0.717, 1.165) is 6.07 Å².